The standard InChI is InChI=1S/C17H12ClFN4O/c18-11-5-7-12(8-6-11)22-16-9-15(20-10-21-16)17(24)23-14-4-2-1-3-13(14)19/h1-10H,(H,23,24)(H,20,21,22). The van der Waals surface area contributed by atoms with Gasteiger partial charge in [0.15, 0.2) is 0 Å². The molecule has 0 unspecified atom stereocenters. The highest BCUT2D eigenvalue weighted by Gasteiger charge is 2.11. The molecule has 0 saturated carbocycles. The van der Waals surface area contributed by atoms with Gasteiger partial charge in [0, 0.05) is 16.8 Å². The summed E-state index contributed by atoms with van der Waals surface area (Å²) in [7, 11) is 0. The van der Waals surface area contributed by atoms with Gasteiger partial charge < -0.3 is 10.6 Å². The molecule has 0 radical (unpaired) electrons. The van der Waals surface area contributed by atoms with Crippen LogP contribution in [0.15, 0.2) is 60.9 Å². The van der Waals surface area contributed by atoms with Gasteiger partial charge in [-0.2, -0.15) is 0 Å². The maximum atomic E-state index is 13.6. The molecule has 0 aliphatic rings. The third-order valence-electron chi connectivity index (χ3n) is 3.14. The fourth-order valence-electron chi connectivity index (χ4n) is 1.98. The van der Waals surface area contributed by atoms with Crippen LogP contribution in [-0.2, 0) is 0 Å². The van der Waals surface area contributed by atoms with Gasteiger partial charge in [0.05, 0.1) is 5.69 Å². The van der Waals surface area contributed by atoms with Crippen LogP contribution in [0, 0.1) is 5.82 Å². The van der Waals surface area contributed by atoms with Gasteiger partial charge in [0.25, 0.3) is 5.91 Å². The maximum absolute atomic E-state index is 13.6. The number of rotatable bonds is 4. The van der Waals surface area contributed by atoms with Crippen molar-refractivity contribution in [2.75, 3.05) is 10.6 Å². The van der Waals surface area contributed by atoms with Crippen molar-refractivity contribution in [3.63, 3.8) is 0 Å². The van der Waals surface area contributed by atoms with E-state index in [-0.39, 0.29) is 11.4 Å². The van der Waals surface area contributed by atoms with Crippen LogP contribution in [0.5, 0.6) is 0 Å². The SMILES string of the molecule is O=C(Nc1ccccc1F)c1cc(Nc2ccc(Cl)cc2)ncn1. The quantitative estimate of drug-likeness (QED) is 0.743. The molecule has 0 atom stereocenters. The van der Waals surface area contributed by atoms with Gasteiger partial charge in [-0.25, -0.2) is 14.4 Å². The Morgan fingerprint density at radius 3 is 2.54 bits per heavy atom. The molecule has 3 aromatic rings. The van der Waals surface area contributed by atoms with Gasteiger partial charge in [0.2, 0.25) is 0 Å². The zero-order chi connectivity index (χ0) is 16.9. The molecular weight excluding hydrogens is 331 g/mol. The topological polar surface area (TPSA) is 66.9 Å². The Hall–Kier alpha value is -2.99. The number of para-hydroxylation sites is 1. The van der Waals surface area contributed by atoms with Crippen LogP contribution in [0.1, 0.15) is 10.5 Å². The van der Waals surface area contributed by atoms with Crippen molar-refractivity contribution in [2.24, 2.45) is 0 Å². The molecule has 24 heavy (non-hydrogen) atoms. The molecule has 0 aliphatic heterocycles. The molecule has 0 bridgehead atoms. The summed E-state index contributed by atoms with van der Waals surface area (Å²) < 4.78 is 13.6. The van der Waals surface area contributed by atoms with Crippen LogP contribution in [0.3, 0.4) is 0 Å². The normalized spacial score (nSPS) is 10.2. The number of nitrogens with zero attached hydrogens (tertiary/aromatic N) is 2. The van der Waals surface area contributed by atoms with Crippen LogP contribution in [0.2, 0.25) is 5.02 Å². The molecule has 2 N–H and O–H groups in total. The van der Waals surface area contributed by atoms with Gasteiger partial charge in [-0.05, 0) is 36.4 Å². The van der Waals surface area contributed by atoms with E-state index in [1.54, 1.807) is 36.4 Å². The summed E-state index contributed by atoms with van der Waals surface area (Å²) in [5, 5.41) is 6.13. The number of hydrogen-bond donors (Lipinski definition) is 2. The van der Waals surface area contributed by atoms with Crippen molar-refractivity contribution < 1.29 is 9.18 Å². The summed E-state index contributed by atoms with van der Waals surface area (Å²) in [4.78, 5) is 20.2. The summed E-state index contributed by atoms with van der Waals surface area (Å²) >= 11 is 5.83. The lowest BCUT2D eigenvalue weighted by Gasteiger charge is -2.08. The second kappa shape index (κ2) is 7.06. The predicted octanol–water partition coefficient (Wildman–Crippen LogP) is 4.27. The molecule has 0 aliphatic carbocycles. The minimum absolute atomic E-state index is 0.0910. The Bertz CT molecular complexity index is 870. The lowest BCUT2D eigenvalue weighted by molar-refractivity contribution is 0.102. The maximum Gasteiger partial charge on any atom is 0.274 e. The Labute approximate surface area is 142 Å². The number of aromatic nitrogens is 2. The molecule has 7 heteroatoms. The lowest BCUT2D eigenvalue weighted by Crippen LogP contribution is -2.15. The van der Waals surface area contributed by atoms with Crippen LogP contribution in [0.4, 0.5) is 21.6 Å². The van der Waals surface area contributed by atoms with Crippen molar-refractivity contribution in [2.45, 2.75) is 0 Å². The summed E-state index contributed by atoms with van der Waals surface area (Å²) in [5.74, 6) is -0.605. The fraction of sp³-hybridized carbons (Fsp3) is 0. The molecule has 0 fully saturated rings. The first-order valence-electron chi connectivity index (χ1n) is 7.02. The van der Waals surface area contributed by atoms with E-state index in [9.17, 15) is 9.18 Å². The fourth-order valence-corrected chi connectivity index (χ4v) is 2.11. The van der Waals surface area contributed by atoms with Gasteiger partial charge in [-0.15, -0.1) is 0 Å². The van der Waals surface area contributed by atoms with Crippen LogP contribution < -0.4 is 10.6 Å². The van der Waals surface area contributed by atoms with Crippen molar-refractivity contribution >= 4 is 34.7 Å². The monoisotopic (exact) mass is 342 g/mol. The van der Waals surface area contributed by atoms with Crippen molar-refractivity contribution in [3.05, 3.63) is 77.5 Å². The summed E-state index contributed by atoms with van der Waals surface area (Å²) in [6, 6.07) is 14.4. The third-order valence-corrected chi connectivity index (χ3v) is 3.39. The minimum Gasteiger partial charge on any atom is -0.340 e. The Morgan fingerprint density at radius 2 is 1.79 bits per heavy atom. The van der Waals surface area contributed by atoms with E-state index in [2.05, 4.69) is 20.6 Å². The third kappa shape index (κ3) is 3.85. The second-order valence-electron chi connectivity index (χ2n) is 4.85. The van der Waals surface area contributed by atoms with Gasteiger partial charge in [0.1, 0.15) is 23.7 Å². The number of benzene rings is 2. The molecule has 1 aromatic heterocycles. The van der Waals surface area contributed by atoms with E-state index < -0.39 is 11.7 Å². The Morgan fingerprint density at radius 1 is 1.04 bits per heavy atom. The molecular formula is C17H12ClFN4O. The number of amides is 1. The predicted molar refractivity (Wildman–Crippen MR) is 91.1 cm³/mol. The molecule has 1 amide bonds. The zero-order valence-corrected chi connectivity index (χ0v) is 13.1. The number of carbonyl (C=O) groups excluding carboxylic acids is 1. The molecule has 120 valence electrons. The van der Waals surface area contributed by atoms with E-state index in [1.165, 1.54) is 24.5 Å². The van der Waals surface area contributed by atoms with Crippen molar-refractivity contribution in [1.29, 1.82) is 0 Å². The number of halogens is 2. The average molecular weight is 343 g/mol. The molecule has 1 heterocycles. The summed E-state index contributed by atoms with van der Waals surface area (Å²) in [6.07, 6.45) is 1.26. The number of hydrogen-bond acceptors (Lipinski definition) is 4. The van der Waals surface area contributed by atoms with E-state index in [1.807, 2.05) is 0 Å². The summed E-state index contributed by atoms with van der Waals surface area (Å²) in [5.41, 5.74) is 0.969. The van der Waals surface area contributed by atoms with Crippen LogP contribution in [0.25, 0.3) is 0 Å². The number of anilines is 3. The van der Waals surface area contributed by atoms with Crippen molar-refractivity contribution in [3.8, 4) is 0 Å². The molecule has 5 nitrogen and oxygen atoms in total. The van der Waals surface area contributed by atoms with Crippen LogP contribution >= 0.6 is 11.6 Å². The molecule has 2 aromatic carbocycles. The van der Waals surface area contributed by atoms with E-state index in [0.717, 1.165) is 5.69 Å². The number of nitrogens with one attached hydrogen (secondary N) is 2. The van der Waals surface area contributed by atoms with E-state index in [0.29, 0.717) is 10.8 Å². The first-order valence-corrected chi connectivity index (χ1v) is 7.40. The molecule has 0 spiro atoms. The summed E-state index contributed by atoms with van der Waals surface area (Å²) in [6.45, 7) is 0. The number of carbonyl (C=O) groups is 1. The van der Waals surface area contributed by atoms with Crippen molar-refractivity contribution in [1.82, 2.24) is 9.97 Å². The van der Waals surface area contributed by atoms with Crippen LogP contribution in [-0.4, -0.2) is 15.9 Å². The van der Waals surface area contributed by atoms with E-state index in [4.69, 9.17) is 11.6 Å². The first kappa shape index (κ1) is 15.9. The lowest BCUT2D eigenvalue weighted by atomic mass is 10.3. The highest BCUT2D eigenvalue weighted by Crippen LogP contribution is 2.18. The molecule has 3 rings (SSSR count). The van der Waals surface area contributed by atoms with Gasteiger partial charge in [-0.3, -0.25) is 4.79 Å². The van der Waals surface area contributed by atoms with Gasteiger partial charge in [-0.1, -0.05) is 23.7 Å². The highest BCUT2D eigenvalue weighted by atomic mass is 35.5. The van der Waals surface area contributed by atoms with Gasteiger partial charge >= 0.3 is 0 Å². The largest absolute Gasteiger partial charge is 0.340 e. The minimum atomic E-state index is -0.526. The average Bonchev–Trinajstić information content (AvgIpc) is 2.59. The smallest absolute Gasteiger partial charge is 0.274 e. The Balaban J connectivity index is 1.76. The molecule has 0 saturated heterocycles. The van der Waals surface area contributed by atoms with E-state index >= 15 is 0 Å². The second-order valence-corrected chi connectivity index (χ2v) is 5.29. The highest BCUT2D eigenvalue weighted by molar-refractivity contribution is 6.30. The Kier molecular flexibility index (Phi) is 4.67. The first-order chi connectivity index (χ1) is 11.6. The zero-order valence-electron chi connectivity index (χ0n) is 12.3.